The Hall–Kier alpha value is -1.79. The Morgan fingerprint density at radius 1 is 1.29 bits per heavy atom. The van der Waals surface area contributed by atoms with Crippen LogP contribution in [0.15, 0.2) is 23.6 Å². The molecule has 6 heteroatoms. The van der Waals surface area contributed by atoms with Crippen LogP contribution in [-0.4, -0.2) is 48.7 Å². The standard InChI is InChI=1S/C18H24N4OS/c1-13-11-22(9-8-21-6-2-3-7-21)16-10-14(4-5-17(16)23-13)15-12-24-18(19)20-15/h4-5,10,12-13H,2-3,6-9,11H2,1H3,(H2,19,20). The smallest absolute Gasteiger partial charge is 0.180 e. The minimum absolute atomic E-state index is 0.219. The Labute approximate surface area is 147 Å². The largest absolute Gasteiger partial charge is 0.487 e. The van der Waals surface area contributed by atoms with Gasteiger partial charge in [0.05, 0.1) is 17.9 Å². The molecule has 1 atom stereocenters. The number of fused-ring (bicyclic) bond motifs is 1. The maximum absolute atomic E-state index is 6.03. The zero-order valence-electron chi connectivity index (χ0n) is 14.1. The lowest BCUT2D eigenvalue weighted by atomic mass is 10.1. The summed E-state index contributed by atoms with van der Waals surface area (Å²) in [7, 11) is 0. The first-order valence-electron chi connectivity index (χ1n) is 8.68. The van der Waals surface area contributed by atoms with E-state index in [0.29, 0.717) is 5.13 Å². The van der Waals surface area contributed by atoms with Gasteiger partial charge in [0.2, 0.25) is 0 Å². The van der Waals surface area contributed by atoms with Gasteiger partial charge < -0.3 is 20.3 Å². The zero-order chi connectivity index (χ0) is 16.5. The molecule has 2 aromatic rings. The number of likely N-dealkylation sites (tertiary alicyclic amines) is 1. The molecule has 0 spiro atoms. The Morgan fingerprint density at radius 3 is 2.88 bits per heavy atom. The Balaban J connectivity index is 1.58. The predicted molar refractivity (Wildman–Crippen MR) is 99.9 cm³/mol. The van der Waals surface area contributed by atoms with Crippen LogP contribution in [0, 0.1) is 0 Å². The molecule has 5 nitrogen and oxygen atoms in total. The number of nitrogens with zero attached hydrogens (tertiary/aromatic N) is 3. The van der Waals surface area contributed by atoms with E-state index >= 15 is 0 Å². The van der Waals surface area contributed by atoms with E-state index in [2.05, 4.69) is 39.9 Å². The molecular formula is C18H24N4OS. The fraction of sp³-hybridized carbons (Fsp3) is 0.500. The van der Waals surface area contributed by atoms with E-state index in [1.54, 1.807) is 0 Å². The molecule has 1 aromatic heterocycles. The van der Waals surface area contributed by atoms with Crippen molar-refractivity contribution in [1.82, 2.24) is 9.88 Å². The first kappa shape index (κ1) is 15.7. The molecule has 0 bridgehead atoms. The highest BCUT2D eigenvalue weighted by Crippen LogP contribution is 2.37. The Bertz CT molecular complexity index is 711. The summed E-state index contributed by atoms with van der Waals surface area (Å²) in [5.74, 6) is 0.974. The topological polar surface area (TPSA) is 54.6 Å². The summed E-state index contributed by atoms with van der Waals surface area (Å²) in [5.41, 5.74) is 9.01. The van der Waals surface area contributed by atoms with Crippen molar-refractivity contribution in [3.63, 3.8) is 0 Å². The molecular weight excluding hydrogens is 320 g/mol. The van der Waals surface area contributed by atoms with Crippen LogP contribution < -0.4 is 15.4 Å². The number of hydrogen-bond acceptors (Lipinski definition) is 6. The summed E-state index contributed by atoms with van der Waals surface area (Å²) in [6.45, 7) is 7.73. The van der Waals surface area contributed by atoms with Crippen molar-refractivity contribution >= 4 is 22.2 Å². The molecule has 1 fully saturated rings. The number of rotatable bonds is 4. The van der Waals surface area contributed by atoms with Gasteiger partial charge in [-0.2, -0.15) is 0 Å². The number of aromatic nitrogens is 1. The minimum atomic E-state index is 0.219. The second kappa shape index (κ2) is 6.61. The van der Waals surface area contributed by atoms with Crippen molar-refractivity contribution in [2.45, 2.75) is 25.9 Å². The predicted octanol–water partition coefficient (Wildman–Crippen LogP) is 3.08. The molecule has 2 aliphatic rings. The summed E-state index contributed by atoms with van der Waals surface area (Å²) >= 11 is 1.48. The highest BCUT2D eigenvalue weighted by atomic mass is 32.1. The SMILES string of the molecule is CC1CN(CCN2CCCC2)c2cc(-c3csc(N)n3)ccc2O1. The highest BCUT2D eigenvalue weighted by molar-refractivity contribution is 7.13. The molecule has 0 saturated carbocycles. The Kier molecular flexibility index (Phi) is 4.33. The number of benzene rings is 1. The van der Waals surface area contributed by atoms with Gasteiger partial charge in [0, 0.05) is 24.0 Å². The number of nitrogens with two attached hydrogens (primary N) is 1. The Morgan fingerprint density at radius 2 is 2.12 bits per heavy atom. The molecule has 2 aliphatic heterocycles. The van der Waals surface area contributed by atoms with Crippen LogP contribution in [0.4, 0.5) is 10.8 Å². The maximum Gasteiger partial charge on any atom is 0.180 e. The molecule has 2 N–H and O–H groups in total. The summed E-state index contributed by atoms with van der Waals surface area (Å²) in [4.78, 5) is 9.43. The van der Waals surface area contributed by atoms with Crippen molar-refractivity contribution in [2.24, 2.45) is 0 Å². The van der Waals surface area contributed by atoms with Gasteiger partial charge in [0.15, 0.2) is 5.13 Å². The van der Waals surface area contributed by atoms with E-state index in [0.717, 1.165) is 36.6 Å². The number of hydrogen-bond donors (Lipinski definition) is 1. The van der Waals surface area contributed by atoms with Gasteiger partial charge in [-0.3, -0.25) is 0 Å². The number of ether oxygens (including phenoxy) is 1. The summed E-state index contributed by atoms with van der Waals surface area (Å²) < 4.78 is 6.03. The second-order valence-corrected chi connectivity index (χ2v) is 7.57. The van der Waals surface area contributed by atoms with E-state index in [4.69, 9.17) is 10.5 Å². The van der Waals surface area contributed by atoms with Gasteiger partial charge >= 0.3 is 0 Å². The van der Waals surface area contributed by atoms with Gasteiger partial charge in [-0.25, -0.2) is 4.98 Å². The summed E-state index contributed by atoms with van der Waals surface area (Å²) in [6, 6.07) is 6.34. The van der Waals surface area contributed by atoms with E-state index in [9.17, 15) is 0 Å². The van der Waals surface area contributed by atoms with Gasteiger partial charge in [0.25, 0.3) is 0 Å². The van der Waals surface area contributed by atoms with Gasteiger partial charge in [0.1, 0.15) is 11.9 Å². The summed E-state index contributed by atoms with van der Waals surface area (Å²) in [5, 5.41) is 2.62. The average molecular weight is 344 g/mol. The van der Waals surface area contributed by atoms with E-state index in [-0.39, 0.29) is 6.10 Å². The van der Waals surface area contributed by atoms with Crippen molar-refractivity contribution in [3.05, 3.63) is 23.6 Å². The van der Waals surface area contributed by atoms with Crippen LogP contribution in [-0.2, 0) is 0 Å². The van der Waals surface area contributed by atoms with Crippen molar-refractivity contribution in [1.29, 1.82) is 0 Å². The van der Waals surface area contributed by atoms with Crippen LogP contribution >= 0.6 is 11.3 Å². The third-order valence-electron chi connectivity index (χ3n) is 4.81. The van der Waals surface area contributed by atoms with Crippen LogP contribution in [0.2, 0.25) is 0 Å². The maximum atomic E-state index is 6.03. The molecule has 0 radical (unpaired) electrons. The number of anilines is 2. The zero-order valence-corrected chi connectivity index (χ0v) is 14.9. The highest BCUT2D eigenvalue weighted by Gasteiger charge is 2.24. The van der Waals surface area contributed by atoms with Crippen LogP contribution in [0.5, 0.6) is 5.75 Å². The van der Waals surface area contributed by atoms with Crippen molar-refractivity contribution in [3.8, 4) is 17.0 Å². The molecule has 0 amide bonds. The third-order valence-corrected chi connectivity index (χ3v) is 5.48. The number of nitrogen functional groups attached to an aromatic ring is 1. The number of thiazole rings is 1. The fourth-order valence-corrected chi connectivity index (χ4v) is 4.16. The van der Waals surface area contributed by atoms with Crippen molar-refractivity contribution < 1.29 is 4.74 Å². The molecule has 128 valence electrons. The van der Waals surface area contributed by atoms with E-state index < -0.39 is 0 Å². The molecule has 24 heavy (non-hydrogen) atoms. The molecule has 1 unspecified atom stereocenters. The quantitative estimate of drug-likeness (QED) is 0.924. The lowest BCUT2D eigenvalue weighted by molar-refractivity contribution is 0.210. The van der Waals surface area contributed by atoms with Crippen LogP contribution in [0.1, 0.15) is 19.8 Å². The molecule has 0 aliphatic carbocycles. The van der Waals surface area contributed by atoms with Gasteiger partial charge in [-0.15, -0.1) is 11.3 Å². The van der Waals surface area contributed by atoms with Crippen molar-refractivity contribution in [2.75, 3.05) is 43.4 Å². The first-order valence-corrected chi connectivity index (χ1v) is 9.56. The lowest BCUT2D eigenvalue weighted by Crippen LogP contribution is -2.42. The van der Waals surface area contributed by atoms with E-state index in [1.807, 2.05) is 5.38 Å². The molecule has 1 saturated heterocycles. The first-order chi connectivity index (χ1) is 11.7. The lowest BCUT2D eigenvalue weighted by Gasteiger charge is -2.36. The monoisotopic (exact) mass is 344 g/mol. The molecule has 1 aromatic carbocycles. The summed E-state index contributed by atoms with van der Waals surface area (Å²) in [6.07, 6.45) is 2.90. The molecule has 4 rings (SSSR count). The van der Waals surface area contributed by atoms with Gasteiger partial charge in [-0.05, 0) is 51.1 Å². The fourth-order valence-electron chi connectivity index (χ4n) is 3.59. The normalized spacial score (nSPS) is 20.9. The van der Waals surface area contributed by atoms with Gasteiger partial charge in [-0.1, -0.05) is 0 Å². The van der Waals surface area contributed by atoms with E-state index in [1.165, 1.54) is 43.0 Å². The average Bonchev–Trinajstić information content (AvgIpc) is 3.23. The van der Waals surface area contributed by atoms with Crippen LogP contribution in [0.25, 0.3) is 11.3 Å². The minimum Gasteiger partial charge on any atom is -0.487 e. The second-order valence-electron chi connectivity index (χ2n) is 6.68. The van der Waals surface area contributed by atoms with Crippen LogP contribution in [0.3, 0.4) is 0 Å². The third kappa shape index (κ3) is 3.21. The molecule has 3 heterocycles.